The van der Waals surface area contributed by atoms with Gasteiger partial charge in [0.1, 0.15) is 0 Å². The van der Waals surface area contributed by atoms with Gasteiger partial charge in [0.15, 0.2) is 0 Å². The number of nitrogens with one attached hydrogen (secondary N) is 1. The highest BCUT2D eigenvalue weighted by atomic mass is 32.2. The summed E-state index contributed by atoms with van der Waals surface area (Å²) >= 11 is 1.76. The molecular weight excluding hydrogens is 208 g/mol. The van der Waals surface area contributed by atoms with Crippen molar-refractivity contribution in [2.45, 2.75) is 44.6 Å². The Morgan fingerprint density at radius 1 is 1.27 bits per heavy atom. The minimum atomic E-state index is 0.214. The molecule has 0 unspecified atom stereocenters. The lowest BCUT2D eigenvalue weighted by Crippen LogP contribution is -2.36. The molecule has 15 heavy (non-hydrogen) atoms. The van der Waals surface area contributed by atoms with E-state index in [4.69, 9.17) is 5.73 Å². The molecule has 3 N–H and O–H groups in total. The van der Waals surface area contributed by atoms with Crippen LogP contribution in [0.15, 0.2) is 0 Å². The molecule has 0 aliphatic heterocycles. The average molecular weight is 230 g/mol. The van der Waals surface area contributed by atoms with Gasteiger partial charge in [-0.2, -0.15) is 11.8 Å². The molecule has 0 spiro atoms. The number of hydrogen-bond acceptors (Lipinski definition) is 3. The standard InChI is InChI=1S/C11H22N2OS/c12-7-9-15-8-6-11(14)13-10-4-2-1-3-5-10/h10H,1-9,12H2,(H,13,14). The fourth-order valence-corrected chi connectivity index (χ4v) is 2.60. The number of carbonyl (C=O) groups excluding carboxylic acids is 1. The normalized spacial score (nSPS) is 17.7. The summed E-state index contributed by atoms with van der Waals surface area (Å²) in [6.07, 6.45) is 6.85. The molecule has 1 aliphatic rings. The Kier molecular flexibility index (Phi) is 6.85. The maximum absolute atomic E-state index is 11.5. The minimum Gasteiger partial charge on any atom is -0.353 e. The third-order valence-electron chi connectivity index (χ3n) is 2.71. The maximum atomic E-state index is 11.5. The molecular formula is C11H22N2OS. The zero-order valence-electron chi connectivity index (χ0n) is 9.34. The molecule has 1 saturated carbocycles. The fourth-order valence-electron chi connectivity index (χ4n) is 1.90. The second kappa shape index (κ2) is 7.99. The zero-order valence-corrected chi connectivity index (χ0v) is 10.2. The van der Waals surface area contributed by atoms with Crippen LogP contribution in [0.5, 0.6) is 0 Å². The summed E-state index contributed by atoms with van der Waals surface area (Å²) in [5.74, 6) is 2.07. The van der Waals surface area contributed by atoms with Crippen molar-refractivity contribution in [3.63, 3.8) is 0 Å². The highest BCUT2D eigenvalue weighted by Gasteiger charge is 2.14. The summed E-state index contributed by atoms with van der Waals surface area (Å²) in [6, 6.07) is 0.450. The Labute approximate surface area is 96.6 Å². The second-order valence-electron chi connectivity index (χ2n) is 4.05. The van der Waals surface area contributed by atoms with E-state index in [0.717, 1.165) is 11.5 Å². The van der Waals surface area contributed by atoms with Gasteiger partial charge >= 0.3 is 0 Å². The zero-order chi connectivity index (χ0) is 10.9. The molecule has 3 nitrogen and oxygen atoms in total. The van der Waals surface area contributed by atoms with Crippen molar-refractivity contribution in [2.24, 2.45) is 5.73 Å². The van der Waals surface area contributed by atoms with Crippen LogP contribution in [-0.4, -0.2) is 30.0 Å². The molecule has 0 aromatic rings. The number of rotatable bonds is 6. The van der Waals surface area contributed by atoms with E-state index < -0.39 is 0 Å². The molecule has 1 aliphatic carbocycles. The largest absolute Gasteiger partial charge is 0.353 e. The Hall–Kier alpha value is -0.220. The first-order valence-corrected chi connectivity index (χ1v) is 7.05. The summed E-state index contributed by atoms with van der Waals surface area (Å²) in [4.78, 5) is 11.5. The predicted octanol–water partition coefficient (Wildman–Crippen LogP) is 1.52. The van der Waals surface area contributed by atoms with Crippen molar-refractivity contribution in [3.05, 3.63) is 0 Å². The van der Waals surface area contributed by atoms with Gasteiger partial charge in [0, 0.05) is 30.5 Å². The smallest absolute Gasteiger partial charge is 0.221 e. The van der Waals surface area contributed by atoms with Gasteiger partial charge in [-0.25, -0.2) is 0 Å². The SMILES string of the molecule is NCCSCCC(=O)NC1CCCCC1. The first kappa shape index (κ1) is 12.8. The molecule has 0 radical (unpaired) electrons. The van der Waals surface area contributed by atoms with E-state index in [1.54, 1.807) is 11.8 Å². The number of thioether (sulfide) groups is 1. The van der Waals surface area contributed by atoms with Crippen molar-refractivity contribution >= 4 is 17.7 Å². The van der Waals surface area contributed by atoms with Crippen LogP contribution < -0.4 is 11.1 Å². The fraction of sp³-hybridized carbons (Fsp3) is 0.909. The van der Waals surface area contributed by atoms with Gasteiger partial charge in [0.05, 0.1) is 0 Å². The van der Waals surface area contributed by atoms with Crippen molar-refractivity contribution in [1.29, 1.82) is 0 Å². The van der Waals surface area contributed by atoms with Gasteiger partial charge < -0.3 is 11.1 Å². The highest BCUT2D eigenvalue weighted by Crippen LogP contribution is 2.17. The first-order chi connectivity index (χ1) is 7.33. The Morgan fingerprint density at radius 3 is 2.67 bits per heavy atom. The van der Waals surface area contributed by atoms with Crippen LogP contribution in [-0.2, 0) is 4.79 Å². The van der Waals surface area contributed by atoms with Crippen molar-refractivity contribution < 1.29 is 4.79 Å². The van der Waals surface area contributed by atoms with E-state index in [2.05, 4.69) is 5.32 Å². The van der Waals surface area contributed by atoms with E-state index in [-0.39, 0.29) is 5.91 Å². The van der Waals surface area contributed by atoms with Crippen LogP contribution in [0, 0.1) is 0 Å². The van der Waals surface area contributed by atoms with E-state index in [1.807, 2.05) is 0 Å². The van der Waals surface area contributed by atoms with Crippen LogP contribution in [0.4, 0.5) is 0 Å². The quantitative estimate of drug-likeness (QED) is 0.680. The van der Waals surface area contributed by atoms with Crippen LogP contribution >= 0.6 is 11.8 Å². The third kappa shape index (κ3) is 6.05. The van der Waals surface area contributed by atoms with Gasteiger partial charge in [-0.05, 0) is 12.8 Å². The maximum Gasteiger partial charge on any atom is 0.221 e. The number of hydrogen-bond donors (Lipinski definition) is 2. The van der Waals surface area contributed by atoms with Crippen LogP contribution in [0.25, 0.3) is 0 Å². The summed E-state index contributed by atoms with van der Waals surface area (Å²) < 4.78 is 0. The van der Waals surface area contributed by atoms with Gasteiger partial charge in [-0.3, -0.25) is 4.79 Å². The predicted molar refractivity (Wildman–Crippen MR) is 66.0 cm³/mol. The number of nitrogens with two attached hydrogens (primary N) is 1. The van der Waals surface area contributed by atoms with Crippen molar-refractivity contribution in [1.82, 2.24) is 5.32 Å². The topological polar surface area (TPSA) is 55.1 Å². The van der Waals surface area contributed by atoms with Gasteiger partial charge in [-0.1, -0.05) is 19.3 Å². The van der Waals surface area contributed by atoms with Crippen LogP contribution in [0.3, 0.4) is 0 Å². The summed E-state index contributed by atoms with van der Waals surface area (Å²) in [6.45, 7) is 0.703. The van der Waals surface area contributed by atoms with Crippen LogP contribution in [0.2, 0.25) is 0 Å². The molecule has 88 valence electrons. The van der Waals surface area contributed by atoms with Crippen LogP contribution in [0.1, 0.15) is 38.5 Å². The van der Waals surface area contributed by atoms with E-state index in [0.29, 0.717) is 19.0 Å². The molecule has 0 atom stereocenters. The van der Waals surface area contributed by atoms with E-state index in [1.165, 1.54) is 32.1 Å². The molecule has 0 saturated heterocycles. The molecule has 0 heterocycles. The second-order valence-corrected chi connectivity index (χ2v) is 5.28. The monoisotopic (exact) mass is 230 g/mol. The lowest BCUT2D eigenvalue weighted by molar-refractivity contribution is -0.121. The molecule has 0 aromatic heterocycles. The Bertz CT molecular complexity index is 181. The minimum absolute atomic E-state index is 0.214. The molecule has 1 rings (SSSR count). The summed E-state index contributed by atoms with van der Waals surface area (Å²) in [7, 11) is 0. The van der Waals surface area contributed by atoms with Gasteiger partial charge in [-0.15, -0.1) is 0 Å². The van der Waals surface area contributed by atoms with Crippen molar-refractivity contribution in [3.8, 4) is 0 Å². The van der Waals surface area contributed by atoms with Gasteiger partial charge in [0.2, 0.25) is 5.91 Å². The summed E-state index contributed by atoms with van der Waals surface area (Å²) in [5.41, 5.74) is 5.37. The highest BCUT2D eigenvalue weighted by molar-refractivity contribution is 7.99. The molecule has 1 fully saturated rings. The average Bonchev–Trinajstić information content (AvgIpc) is 2.26. The molecule has 0 bridgehead atoms. The lowest BCUT2D eigenvalue weighted by Gasteiger charge is -2.22. The summed E-state index contributed by atoms with van der Waals surface area (Å²) in [5, 5.41) is 3.11. The molecule has 0 aromatic carbocycles. The Morgan fingerprint density at radius 2 is 2.00 bits per heavy atom. The van der Waals surface area contributed by atoms with Gasteiger partial charge in [0.25, 0.3) is 0 Å². The third-order valence-corrected chi connectivity index (χ3v) is 3.72. The van der Waals surface area contributed by atoms with E-state index in [9.17, 15) is 4.79 Å². The Balaban J connectivity index is 2.01. The molecule has 1 amide bonds. The number of carbonyl (C=O) groups is 1. The lowest BCUT2D eigenvalue weighted by atomic mass is 9.95. The molecule has 4 heteroatoms. The van der Waals surface area contributed by atoms with E-state index >= 15 is 0 Å². The van der Waals surface area contributed by atoms with Crippen molar-refractivity contribution in [2.75, 3.05) is 18.1 Å². The number of amides is 1. The first-order valence-electron chi connectivity index (χ1n) is 5.90.